The van der Waals surface area contributed by atoms with Crippen LogP contribution < -0.4 is 9.64 Å². The van der Waals surface area contributed by atoms with Crippen molar-refractivity contribution >= 4 is 11.9 Å². The minimum Gasteiger partial charge on any atom is -0.493 e. The van der Waals surface area contributed by atoms with Gasteiger partial charge in [-0.05, 0) is 73.6 Å². The number of piperidine rings is 1. The quantitative estimate of drug-likeness (QED) is 0.425. The molecule has 0 N–H and O–H groups in total. The van der Waals surface area contributed by atoms with E-state index in [0.29, 0.717) is 36.9 Å². The third-order valence-corrected chi connectivity index (χ3v) is 8.41. The van der Waals surface area contributed by atoms with Crippen molar-refractivity contribution in [1.82, 2.24) is 24.6 Å². The molecule has 3 fully saturated rings. The van der Waals surface area contributed by atoms with E-state index in [1.165, 1.54) is 25.3 Å². The Morgan fingerprint density at radius 3 is 2.66 bits per heavy atom. The van der Waals surface area contributed by atoms with Crippen molar-refractivity contribution < 1.29 is 13.9 Å². The second-order valence-electron chi connectivity index (χ2n) is 11.1. The predicted molar refractivity (Wildman–Crippen MR) is 141 cm³/mol. The molecule has 200 valence electrons. The molecule has 1 amide bonds. The molecule has 1 aliphatic carbocycles. The summed E-state index contributed by atoms with van der Waals surface area (Å²) in [6.07, 6.45) is 12.1. The third-order valence-electron chi connectivity index (χ3n) is 8.41. The average molecular weight is 519 g/mol. The Kier molecular flexibility index (Phi) is 7.00. The van der Waals surface area contributed by atoms with Crippen molar-refractivity contribution in [3.63, 3.8) is 0 Å². The number of hydrogen-bond acceptors (Lipinski definition) is 6. The van der Waals surface area contributed by atoms with Gasteiger partial charge in [0.25, 0.3) is 0 Å². The number of likely N-dealkylation sites (tertiary alicyclic amines) is 1. The van der Waals surface area contributed by atoms with Crippen LogP contribution in [0.25, 0.3) is 0 Å². The number of aromatic nitrogens is 4. The van der Waals surface area contributed by atoms with Gasteiger partial charge in [-0.3, -0.25) is 9.48 Å². The first-order valence-corrected chi connectivity index (χ1v) is 13.7. The maximum atomic E-state index is 14.7. The van der Waals surface area contributed by atoms with Crippen LogP contribution in [0, 0.1) is 30.5 Å². The maximum absolute atomic E-state index is 14.7. The van der Waals surface area contributed by atoms with Crippen LogP contribution in [0.3, 0.4) is 0 Å². The summed E-state index contributed by atoms with van der Waals surface area (Å²) in [6, 6.07) is 6.96. The van der Waals surface area contributed by atoms with Gasteiger partial charge in [0.1, 0.15) is 11.6 Å². The summed E-state index contributed by atoms with van der Waals surface area (Å²) in [6.45, 7) is 5.87. The van der Waals surface area contributed by atoms with E-state index in [-0.39, 0.29) is 24.2 Å². The largest absolute Gasteiger partial charge is 0.493 e. The SMILES string of the molecule is Cc1cnc(N2CCC([C@H]3C[C@H]3CCOc3ccc(CC(=O)N4CC(n5cccn5)C4)c(F)c3)CC2)nc1. The summed E-state index contributed by atoms with van der Waals surface area (Å²) < 4.78 is 22.4. The van der Waals surface area contributed by atoms with Crippen LogP contribution in [0.5, 0.6) is 5.75 Å². The van der Waals surface area contributed by atoms with Crippen molar-refractivity contribution in [1.29, 1.82) is 0 Å². The standard InChI is InChI=1S/C29H35FN6O2/c1-20-16-31-29(32-17-20)34-10-5-21(6-11-34)26-13-22(26)7-12-38-25-4-3-23(27(30)15-25)14-28(37)35-18-24(19-35)36-9-2-8-33-36/h2-4,8-9,15-17,21-22,24,26H,5-7,10-14,18-19H2,1H3/t22-,26-/m1/s1. The Morgan fingerprint density at radius 1 is 1.16 bits per heavy atom. The van der Waals surface area contributed by atoms with Crippen molar-refractivity contribution in [2.75, 3.05) is 37.7 Å². The van der Waals surface area contributed by atoms with Crippen molar-refractivity contribution in [2.24, 2.45) is 17.8 Å². The van der Waals surface area contributed by atoms with Crippen LogP contribution in [0.2, 0.25) is 0 Å². The fraction of sp³-hybridized carbons (Fsp3) is 0.517. The van der Waals surface area contributed by atoms with E-state index < -0.39 is 0 Å². The van der Waals surface area contributed by atoms with Crippen LogP contribution in [0.15, 0.2) is 49.1 Å². The van der Waals surface area contributed by atoms with Crippen LogP contribution >= 0.6 is 0 Å². The lowest BCUT2D eigenvalue weighted by Crippen LogP contribution is -2.51. The number of anilines is 1. The van der Waals surface area contributed by atoms with Gasteiger partial charge in [-0.25, -0.2) is 14.4 Å². The molecule has 6 rings (SSSR count). The summed E-state index contributed by atoms with van der Waals surface area (Å²) in [5.74, 6) is 3.18. The molecule has 4 heterocycles. The zero-order valence-corrected chi connectivity index (χ0v) is 21.9. The molecule has 8 nitrogen and oxygen atoms in total. The lowest BCUT2D eigenvalue weighted by atomic mass is 9.90. The Hall–Kier alpha value is -3.49. The van der Waals surface area contributed by atoms with Gasteiger partial charge in [0, 0.05) is 57.0 Å². The van der Waals surface area contributed by atoms with Crippen molar-refractivity contribution in [3.8, 4) is 5.75 Å². The molecule has 9 heteroatoms. The molecule has 2 aromatic heterocycles. The fourth-order valence-electron chi connectivity index (χ4n) is 5.94. The second-order valence-corrected chi connectivity index (χ2v) is 11.1. The number of hydrogen-bond donors (Lipinski definition) is 0. The van der Waals surface area contributed by atoms with Gasteiger partial charge in [-0.1, -0.05) is 6.07 Å². The van der Waals surface area contributed by atoms with Crippen LogP contribution in [0.1, 0.15) is 42.9 Å². The van der Waals surface area contributed by atoms with Crippen molar-refractivity contribution in [2.45, 2.75) is 45.1 Å². The topological polar surface area (TPSA) is 76.4 Å². The van der Waals surface area contributed by atoms with Gasteiger partial charge in [0.15, 0.2) is 0 Å². The highest BCUT2D eigenvalue weighted by atomic mass is 19.1. The molecule has 2 atom stereocenters. The number of ether oxygens (including phenoxy) is 1. The van der Waals surface area contributed by atoms with E-state index in [2.05, 4.69) is 20.0 Å². The lowest BCUT2D eigenvalue weighted by molar-refractivity contribution is -0.136. The molecule has 0 spiro atoms. The highest BCUT2D eigenvalue weighted by Gasteiger charge is 2.43. The molecule has 0 bridgehead atoms. The number of halogens is 1. The Morgan fingerprint density at radius 2 is 1.95 bits per heavy atom. The smallest absolute Gasteiger partial charge is 0.227 e. The number of rotatable bonds is 9. The van der Waals surface area contributed by atoms with Gasteiger partial charge in [0.05, 0.1) is 19.1 Å². The number of amides is 1. The zero-order chi connectivity index (χ0) is 26.1. The first-order chi connectivity index (χ1) is 18.5. The number of nitrogens with zero attached hydrogens (tertiary/aromatic N) is 6. The molecular formula is C29H35FN6O2. The summed E-state index contributed by atoms with van der Waals surface area (Å²) >= 11 is 0. The number of carbonyl (C=O) groups excluding carboxylic acids is 1. The first-order valence-electron chi connectivity index (χ1n) is 13.7. The average Bonchev–Trinajstić information content (AvgIpc) is 3.46. The number of benzene rings is 1. The molecule has 1 saturated carbocycles. The maximum Gasteiger partial charge on any atom is 0.227 e. The minimum absolute atomic E-state index is 0.0574. The predicted octanol–water partition coefficient (Wildman–Crippen LogP) is 4.07. The van der Waals surface area contributed by atoms with Crippen LogP contribution in [-0.2, 0) is 11.2 Å². The number of aryl methyl sites for hydroxylation is 1. The molecule has 38 heavy (non-hydrogen) atoms. The Bertz CT molecular complexity index is 1240. The van der Waals surface area contributed by atoms with E-state index in [9.17, 15) is 9.18 Å². The van der Waals surface area contributed by atoms with Gasteiger partial charge < -0.3 is 14.5 Å². The highest BCUT2D eigenvalue weighted by Crippen LogP contribution is 2.49. The molecule has 0 radical (unpaired) electrons. The monoisotopic (exact) mass is 518 g/mol. The van der Waals surface area contributed by atoms with E-state index in [1.807, 2.05) is 36.3 Å². The molecule has 0 unspecified atom stereocenters. The Balaban J connectivity index is 0.900. The molecule has 2 saturated heterocycles. The molecular weight excluding hydrogens is 483 g/mol. The van der Waals surface area contributed by atoms with Crippen LogP contribution in [0.4, 0.5) is 10.3 Å². The highest BCUT2D eigenvalue weighted by molar-refractivity contribution is 5.79. The van der Waals surface area contributed by atoms with Crippen molar-refractivity contribution in [3.05, 3.63) is 66.0 Å². The lowest BCUT2D eigenvalue weighted by Gasteiger charge is -2.39. The van der Waals surface area contributed by atoms with Crippen LogP contribution in [-0.4, -0.2) is 63.3 Å². The summed E-state index contributed by atoms with van der Waals surface area (Å²) in [5.41, 5.74) is 1.50. The Labute approximate surface area is 222 Å². The third kappa shape index (κ3) is 5.51. The minimum atomic E-state index is -0.381. The summed E-state index contributed by atoms with van der Waals surface area (Å²) in [7, 11) is 0. The fourth-order valence-corrected chi connectivity index (χ4v) is 5.94. The van der Waals surface area contributed by atoms with E-state index >= 15 is 0 Å². The molecule has 1 aromatic carbocycles. The number of carbonyl (C=O) groups is 1. The molecule has 3 aliphatic rings. The van der Waals surface area contributed by atoms with E-state index in [1.54, 1.807) is 23.2 Å². The van der Waals surface area contributed by atoms with Gasteiger partial charge in [0.2, 0.25) is 11.9 Å². The van der Waals surface area contributed by atoms with Gasteiger partial charge >= 0.3 is 0 Å². The van der Waals surface area contributed by atoms with Gasteiger partial charge in [-0.15, -0.1) is 0 Å². The van der Waals surface area contributed by atoms with E-state index in [4.69, 9.17) is 4.74 Å². The van der Waals surface area contributed by atoms with E-state index in [0.717, 1.165) is 42.9 Å². The first kappa shape index (κ1) is 24.8. The normalized spacial score (nSPS) is 21.8. The molecule has 3 aromatic rings. The summed E-state index contributed by atoms with van der Waals surface area (Å²) in [5, 5.41) is 4.22. The molecule has 2 aliphatic heterocycles. The second kappa shape index (κ2) is 10.7. The summed E-state index contributed by atoms with van der Waals surface area (Å²) in [4.78, 5) is 25.5. The zero-order valence-electron chi connectivity index (χ0n) is 21.9. The van der Waals surface area contributed by atoms with Gasteiger partial charge in [-0.2, -0.15) is 5.10 Å².